The van der Waals surface area contributed by atoms with Crippen LogP contribution in [0.3, 0.4) is 0 Å². The molecule has 2 aromatic carbocycles. The Morgan fingerprint density at radius 2 is 1.85 bits per heavy atom. The molecule has 132 valence electrons. The standard InChI is InChI=1S/C17H12Cl2N4O3/c1-10-8-16(20-17(24)14-7-2-11(18)9-15(14)19)22(21-10)12-3-5-13(6-4-12)23(25)26/h2-9H,1H3,(H,20,24). The minimum atomic E-state index is -0.483. The summed E-state index contributed by atoms with van der Waals surface area (Å²) < 4.78 is 1.49. The molecule has 0 saturated heterocycles. The number of aromatic nitrogens is 2. The van der Waals surface area contributed by atoms with Crippen molar-refractivity contribution >= 4 is 40.6 Å². The molecule has 1 N–H and O–H groups in total. The zero-order valence-corrected chi connectivity index (χ0v) is 15.0. The third-order valence-electron chi connectivity index (χ3n) is 3.55. The van der Waals surface area contributed by atoms with Gasteiger partial charge in [0.15, 0.2) is 0 Å². The lowest BCUT2D eigenvalue weighted by Gasteiger charge is -2.10. The maximum atomic E-state index is 12.5. The van der Waals surface area contributed by atoms with Gasteiger partial charge in [0.25, 0.3) is 11.6 Å². The maximum absolute atomic E-state index is 12.5. The summed E-state index contributed by atoms with van der Waals surface area (Å²) in [4.78, 5) is 22.8. The van der Waals surface area contributed by atoms with Crippen molar-refractivity contribution in [3.63, 3.8) is 0 Å². The average molecular weight is 391 g/mol. The van der Waals surface area contributed by atoms with E-state index in [1.165, 1.54) is 28.9 Å². The predicted molar refractivity (Wildman–Crippen MR) is 99.4 cm³/mol. The van der Waals surface area contributed by atoms with E-state index in [0.29, 0.717) is 22.2 Å². The Kier molecular flexibility index (Phi) is 4.92. The summed E-state index contributed by atoms with van der Waals surface area (Å²) in [6.45, 7) is 1.77. The summed E-state index contributed by atoms with van der Waals surface area (Å²) in [6.07, 6.45) is 0. The van der Waals surface area contributed by atoms with Gasteiger partial charge in [-0.1, -0.05) is 23.2 Å². The predicted octanol–water partition coefficient (Wildman–Crippen LogP) is 4.65. The number of nitrogens with one attached hydrogen (secondary N) is 1. The molecule has 1 heterocycles. The van der Waals surface area contributed by atoms with Gasteiger partial charge in [-0.15, -0.1) is 0 Å². The van der Waals surface area contributed by atoms with E-state index in [4.69, 9.17) is 23.2 Å². The van der Waals surface area contributed by atoms with Crippen LogP contribution in [0.5, 0.6) is 0 Å². The Bertz CT molecular complexity index is 1000. The molecule has 0 unspecified atom stereocenters. The molecule has 1 aromatic heterocycles. The highest BCUT2D eigenvalue weighted by molar-refractivity contribution is 6.37. The van der Waals surface area contributed by atoms with Gasteiger partial charge in [0.1, 0.15) is 5.82 Å². The highest BCUT2D eigenvalue weighted by Crippen LogP contribution is 2.24. The monoisotopic (exact) mass is 390 g/mol. The van der Waals surface area contributed by atoms with E-state index in [1.54, 1.807) is 31.2 Å². The first-order valence-corrected chi connectivity index (χ1v) is 8.18. The lowest BCUT2D eigenvalue weighted by atomic mass is 10.2. The second kappa shape index (κ2) is 7.15. The van der Waals surface area contributed by atoms with Gasteiger partial charge < -0.3 is 5.32 Å². The largest absolute Gasteiger partial charge is 0.306 e. The number of hydrogen-bond donors (Lipinski definition) is 1. The number of hydrogen-bond acceptors (Lipinski definition) is 4. The molecule has 3 rings (SSSR count). The highest BCUT2D eigenvalue weighted by atomic mass is 35.5. The summed E-state index contributed by atoms with van der Waals surface area (Å²) in [5.41, 5.74) is 1.48. The minimum absolute atomic E-state index is 0.0313. The smallest absolute Gasteiger partial charge is 0.269 e. The molecule has 0 fully saturated rings. The van der Waals surface area contributed by atoms with Crippen molar-refractivity contribution in [3.8, 4) is 5.69 Å². The van der Waals surface area contributed by atoms with Crippen LogP contribution in [0, 0.1) is 17.0 Å². The molecule has 9 heteroatoms. The van der Waals surface area contributed by atoms with Crippen molar-refractivity contribution in [2.45, 2.75) is 6.92 Å². The van der Waals surface area contributed by atoms with Crippen molar-refractivity contribution in [2.75, 3.05) is 5.32 Å². The van der Waals surface area contributed by atoms with E-state index >= 15 is 0 Å². The number of carbonyl (C=O) groups is 1. The second-order valence-electron chi connectivity index (χ2n) is 5.43. The normalized spacial score (nSPS) is 10.6. The third-order valence-corrected chi connectivity index (χ3v) is 4.10. The van der Waals surface area contributed by atoms with Gasteiger partial charge in [0.2, 0.25) is 0 Å². The number of nitro groups is 1. The van der Waals surface area contributed by atoms with Gasteiger partial charge in [-0.25, -0.2) is 4.68 Å². The number of amides is 1. The fourth-order valence-electron chi connectivity index (χ4n) is 2.36. The molecule has 3 aromatic rings. The van der Waals surface area contributed by atoms with E-state index in [2.05, 4.69) is 10.4 Å². The van der Waals surface area contributed by atoms with Crippen LogP contribution in [0.2, 0.25) is 10.0 Å². The number of halogens is 2. The molecular formula is C17H12Cl2N4O3. The SMILES string of the molecule is Cc1cc(NC(=O)c2ccc(Cl)cc2Cl)n(-c2ccc([N+](=O)[O-])cc2)n1. The van der Waals surface area contributed by atoms with Gasteiger partial charge in [-0.3, -0.25) is 14.9 Å². The van der Waals surface area contributed by atoms with Crippen LogP contribution in [0.25, 0.3) is 5.69 Å². The van der Waals surface area contributed by atoms with Crippen LogP contribution in [-0.4, -0.2) is 20.6 Å². The Labute approximate surface area is 158 Å². The molecule has 0 spiro atoms. The number of carbonyl (C=O) groups excluding carboxylic acids is 1. The van der Waals surface area contributed by atoms with Crippen molar-refractivity contribution in [3.05, 3.63) is 79.9 Å². The minimum Gasteiger partial charge on any atom is -0.306 e. The summed E-state index contributed by atoms with van der Waals surface area (Å²) >= 11 is 11.9. The molecule has 0 saturated carbocycles. The second-order valence-corrected chi connectivity index (χ2v) is 6.28. The maximum Gasteiger partial charge on any atom is 0.269 e. The topological polar surface area (TPSA) is 90.1 Å². The lowest BCUT2D eigenvalue weighted by Crippen LogP contribution is -2.15. The molecule has 7 nitrogen and oxygen atoms in total. The Morgan fingerprint density at radius 3 is 2.46 bits per heavy atom. The molecule has 1 amide bonds. The van der Waals surface area contributed by atoms with Crippen molar-refractivity contribution in [1.82, 2.24) is 9.78 Å². The van der Waals surface area contributed by atoms with Gasteiger partial charge in [0.05, 0.1) is 26.9 Å². The fourth-order valence-corrected chi connectivity index (χ4v) is 2.85. The number of anilines is 1. The van der Waals surface area contributed by atoms with Crippen LogP contribution in [0.4, 0.5) is 11.5 Å². The van der Waals surface area contributed by atoms with Gasteiger partial charge >= 0.3 is 0 Å². The van der Waals surface area contributed by atoms with E-state index in [-0.39, 0.29) is 16.3 Å². The van der Waals surface area contributed by atoms with Crippen LogP contribution in [-0.2, 0) is 0 Å². The summed E-state index contributed by atoms with van der Waals surface area (Å²) in [5.74, 6) is -0.0119. The van der Waals surface area contributed by atoms with Crippen LogP contribution >= 0.6 is 23.2 Å². The average Bonchev–Trinajstić information content (AvgIpc) is 2.95. The fraction of sp³-hybridized carbons (Fsp3) is 0.0588. The van der Waals surface area contributed by atoms with Gasteiger partial charge in [-0.05, 0) is 37.3 Å². The van der Waals surface area contributed by atoms with Crippen molar-refractivity contribution in [1.29, 1.82) is 0 Å². The molecule has 0 atom stereocenters. The number of rotatable bonds is 4. The first kappa shape index (κ1) is 17.9. The number of nitrogens with zero attached hydrogens (tertiary/aromatic N) is 3. The zero-order valence-electron chi connectivity index (χ0n) is 13.4. The summed E-state index contributed by atoms with van der Waals surface area (Å²) in [7, 11) is 0. The van der Waals surface area contributed by atoms with Gasteiger partial charge in [0, 0.05) is 23.2 Å². The number of non-ortho nitro benzene ring substituents is 1. The quantitative estimate of drug-likeness (QED) is 0.518. The number of benzene rings is 2. The van der Waals surface area contributed by atoms with Crippen LogP contribution < -0.4 is 5.32 Å². The summed E-state index contributed by atoms with van der Waals surface area (Å²) in [5, 5.41) is 18.5. The van der Waals surface area contributed by atoms with Gasteiger partial charge in [-0.2, -0.15) is 5.10 Å². The van der Waals surface area contributed by atoms with Crippen molar-refractivity contribution in [2.24, 2.45) is 0 Å². The van der Waals surface area contributed by atoms with Crippen LogP contribution in [0.15, 0.2) is 48.5 Å². The molecule has 0 bridgehead atoms. The number of aryl methyl sites for hydroxylation is 1. The first-order valence-electron chi connectivity index (χ1n) is 7.43. The molecule has 0 aliphatic carbocycles. The molecular weight excluding hydrogens is 379 g/mol. The van der Waals surface area contributed by atoms with E-state index in [1.807, 2.05) is 0 Å². The lowest BCUT2D eigenvalue weighted by molar-refractivity contribution is -0.384. The van der Waals surface area contributed by atoms with E-state index in [0.717, 1.165) is 0 Å². The first-order chi connectivity index (χ1) is 12.3. The van der Waals surface area contributed by atoms with E-state index in [9.17, 15) is 14.9 Å². The van der Waals surface area contributed by atoms with Crippen molar-refractivity contribution < 1.29 is 9.72 Å². The molecule has 0 aliphatic heterocycles. The summed E-state index contributed by atoms with van der Waals surface area (Å²) in [6, 6.07) is 12.1. The highest BCUT2D eigenvalue weighted by Gasteiger charge is 2.16. The Balaban J connectivity index is 1.92. The molecule has 0 aliphatic rings. The molecule has 26 heavy (non-hydrogen) atoms. The third kappa shape index (κ3) is 3.68. The Hall–Kier alpha value is -2.90. The molecule has 0 radical (unpaired) electrons. The Morgan fingerprint density at radius 1 is 1.15 bits per heavy atom. The van der Waals surface area contributed by atoms with E-state index < -0.39 is 10.8 Å². The van der Waals surface area contributed by atoms with Crippen LogP contribution in [0.1, 0.15) is 16.1 Å². The number of nitro benzene ring substituents is 1. The zero-order chi connectivity index (χ0) is 18.8.